The summed E-state index contributed by atoms with van der Waals surface area (Å²) >= 11 is 12.9. The van der Waals surface area contributed by atoms with Gasteiger partial charge >= 0.3 is 0 Å². The second-order valence-corrected chi connectivity index (χ2v) is 12.2. The number of piperazine rings is 1. The van der Waals surface area contributed by atoms with E-state index in [1.807, 2.05) is 52.3 Å². The molecule has 3 heterocycles. The Hall–Kier alpha value is -3.65. The van der Waals surface area contributed by atoms with Gasteiger partial charge in [-0.05, 0) is 65.9 Å². The van der Waals surface area contributed by atoms with Gasteiger partial charge in [0.2, 0.25) is 5.91 Å². The van der Waals surface area contributed by atoms with Gasteiger partial charge in [0.25, 0.3) is 0 Å². The van der Waals surface area contributed by atoms with Gasteiger partial charge in [0, 0.05) is 66.8 Å². The van der Waals surface area contributed by atoms with Crippen LogP contribution in [0.1, 0.15) is 37.4 Å². The highest BCUT2D eigenvalue weighted by Crippen LogP contribution is 2.32. The number of pyridine rings is 2. The number of amides is 1. The van der Waals surface area contributed by atoms with Crippen molar-refractivity contribution in [2.45, 2.75) is 38.8 Å². The molecule has 0 radical (unpaired) electrons. The van der Waals surface area contributed by atoms with Gasteiger partial charge < -0.3 is 15.5 Å². The molecule has 9 heteroatoms. The van der Waals surface area contributed by atoms with Gasteiger partial charge in [-0.3, -0.25) is 9.69 Å². The number of aromatic nitrogens is 2. The van der Waals surface area contributed by atoms with E-state index in [0.29, 0.717) is 60.2 Å². The van der Waals surface area contributed by atoms with E-state index in [0.717, 1.165) is 23.2 Å². The van der Waals surface area contributed by atoms with E-state index < -0.39 is 6.04 Å². The second-order valence-electron chi connectivity index (χ2n) is 11.3. The molecule has 4 aromatic rings. The minimum atomic E-state index is -0.637. The van der Waals surface area contributed by atoms with Crippen LogP contribution in [0, 0.1) is 5.92 Å². The Labute approximate surface area is 264 Å². The molecule has 1 amide bonds. The largest absolute Gasteiger partial charge is 0.368 e. The van der Waals surface area contributed by atoms with E-state index >= 15 is 0 Å². The second kappa shape index (κ2) is 14.2. The molecule has 2 aromatic heterocycles. The van der Waals surface area contributed by atoms with Crippen LogP contribution in [0.4, 0.5) is 17.3 Å². The van der Waals surface area contributed by atoms with Crippen molar-refractivity contribution in [3.8, 4) is 0 Å². The highest BCUT2D eigenvalue weighted by molar-refractivity contribution is 6.35. The fourth-order valence-corrected chi connectivity index (χ4v) is 6.20. The Morgan fingerprint density at radius 1 is 0.884 bits per heavy atom. The summed E-state index contributed by atoms with van der Waals surface area (Å²) in [5.74, 6) is 1.77. The van der Waals surface area contributed by atoms with Crippen molar-refractivity contribution in [2.24, 2.45) is 11.7 Å². The summed E-state index contributed by atoms with van der Waals surface area (Å²) in [7, 11) is 0. The molecule has 1 fully saturated rings. The lowest BCUT2D eigenvalue weighted by molar-refractivity contribution is -0.132. The first-order valence-corrected chi connectivity index (χ1v) is 15.5. The Bertz CT molecular complexity index is 1460. The molecule has 224 valence electrons. The molecule has 1 saturated heterocycles. The first-order chi connectivity index (χ1) is 20.8. The molecule has 2 unspecified atom stereocenters. The van der Waals surface area contributed by atoms with Gasteiger partial charge in [0.05, 0.1) is 0 Å². The molecule has 43 heavy (non-hydrogen) atoms. The van der Waals surface area contributed by atoms with Crippen LogP contribution in [0.15, 0.2) is 91.3 Å². The molecule has 0 bridgehead atoms. The Morgan fingerprint density at radius 3 is 2.09 bits per heavy atom. The van der Waals surface area contributed by atoms with Crippen molar-refractivity contribution >= 4 is 46.4 Å². The van der Waals surface area contributed by atoms with Crippen LogP contribution in [0.25, 0.3) is 0 Å². The number of hydrogen-bond donors (Lipinski definition) is 1. The third-order valence-electron chi connectivity index (χ3n) is 7.81. The van der Waals surface area contributed by atoms with Gasteiger partial charge in [0.1, 0.15) is 17.7 Å². The van der Waals surface area contributed by atoms with Crippen LogP contribution in [0.3, 0.4) is 0 Å². The van der Waals surface area contributed by atoms with Crippen LogP contribution >= 0.6 is 23.2 Å². The van der Waals surface area contributed by atoms with Crippen LogP contribution in [-0.4, -0.2) is 53.0 Å². The first kappa shape index (κ1) is 30.8. The summed E-state index contributed by atoms with van der Waals surface area (Å²) in [5.41, 5.74) is 9.76. The smallest absolute Gasteiger partial charge is 0.246 e. The summed E-state index contributed by atoms with van der Waals surface area (Å²) in [5, 5.41) is 1.07. The van der Waals surface area contributed by atoms with Crippen molar-refractivity contribution < 1.29 is 4.79 Å². The van der Waals surface area contributed by atoms with E-state index in [2.05, 4.69) is 53.0 Å². The molecule has 7 nitrogen and oxygen atoms in total. The average molecular weight is 618 g/mol. The fraction of sp³-hybridized carbons (Fsp3) is 0.324. The molecule has 0 saturated carbocycles. The highest BCUT2D eigenvalue weighted by Gasteiger charge is 2.35. The van der Waals surface area contributed by atoms with Crippen LogP contribution < -0.4 is 15.5 Å². The third kappa shape index (κ3) is 7.47. The number of carbonyl (C=O) groups excluding carboxylic acids is 1. The van der Waals surface area contributed by atoms with Crippen molar-refractivity contribution in [3.05, 3.63) is 112 Å². The van der Waals surface area contributed by atoms with Gasteiger partial charge in [-0.2, -0.15) is 0 Å². The predicted octanol–water partition coefficient (Wildman–Crippen LogP) is 6.93. The maximum absolute atomic E-state index is 14.5. The number of rotatable bonds is 10. The van der Waals surface area contributed by atoms with Crippen LogP contribution in [-0.2, 0) is 11.2 Å². The fourth-order valence-electron chi connectivity index (χ4n) is 5.72. The van der Waals surface area contributed by atoms with Crippen molar-refractivity contribution in [1.29, 1.82) is 0 Å². The summed E-state index contributed by atoms with van der Waals surface area (Å²) < 4.78 is 0. The van der Waals surface area contributed by atoms with E-state index in [-0.39, 0.29) is 11.9 Å². The Morgan fingerprint density at radius 2 is 1.51 bits per heavy atom. The Balaban J connectivity index is 1.44. The molecule has 0 spiro atoms. The maximum Gasteiger partial charge on any atom is 0.246 e. The summed E-state index contributed by atoms with van der Waals surface area (Å²) in [6.45, 7) is 6.96. The quantitative estimate of drug-likeness (QED) is 0.208. The van der Waals surface area contributed by atoms with Gasteiger partial charge in [-0.1, -0.05) is 73.4 Å². The lowest BCUT2D eigenvalue weighted by atomic mass is 9.96. The first-order valence-electron chi connectivity index (χ1n) is 14.7. The number of halogens is 2. The summed E-state index contributed by atoms with van der Waals surface area (Å²) in [6, 6.07) is 24.4. The zero-order chi connectivity index (χ0) is 30.3. The maximum atomic E-state index is 14.5. The SMILES string of the molecule is CC(C)CC(N)c1ccccc1N1CCN(C(=O)C(Cc2ccc(Cl)cc2Cl)N(c2ccccn2)c2ccccn2)CC1. The number of benzene rings is 2. The number of nitrogens with two attached hydrogens (primary N) is 1. The zero-order valence-electron chi connectivity index (χ0n) is 24.6. The predicted molar refractivity (Wildman–Crippen MR) is 176 cm³/mol. The molecule has 2 aromatic carbocycles. The number of nitrogens with zero attached hydrogens (tertiary/aromatic N) is 5. The standard InChI is InChI=1S/C34H38Cl2N6O/c1-24(2)21-29(37)27-9-3-4-10-30(27)40-17-19-41(20-18-40)34(43)31(22-25-13-14-26(35)23-28(25)36)42(32-11-5-7-15-38-32)33-12-6-8-16-39-33/h3-16,23-24,29,31H,17-22,37H2,1-2H3. The lowest BCUT2D eigenvalue weighted by Gasteiger charge is -2.40. The molecule has 0 aliphatic carbocycles. The normalized spacial score (nSPS) is 14.9. The summed E-state index contributed by atoms with van der Waals surface area (Å²) in [6.07, 6.45) is 4.72. The minimum Gasteiger partial charge on any atom is -0.368 e. The molecular formula is C34H38Cl2N6O. The number of hydrogen-bond acceptors (Lipinski definition) is 6. The zero-order valence-corrected chi connectivity index (χ0v) is 26.1. The van der Waals surface area contributed by atoms with Crippen LogP contribution in [0.2, 0.25) is 10.0 Å². The van der Waals surface area contributed by atoms with Crippen LogP contribution in [0.5, 0.6) is 0 Å². The number of carbonyl (C=O) groups is 1. The topological polar surface area (TPSA) is 78.6 Å². The molecule has 2 N–H and O–H groups in total. The molecular weight excluding hydrogens is 579 g/mol. The van der Waals surface area contributed by atoms with Gasteiger partial charge in [-0.25, -0.2) is 9.97 Å². The van der Waals surface area contributed by atoms with Gasteiger partial charge in [0.15, 0.2) is 0 Å². The number of para-hydroxylation sites is 1. The molecule has 2 atom stereocenters. The molecule has 1 aliphatic heterocycles. The number of anilines is 3. The van der Waals surface area contributed by atoms with Gasteiger partial charge in [-0.15, -0.1) is 0 Å². The molecule has 1 aliphatic rings. The monoisotopic (exact) mass is 616 g/mol. The highest BCUT2D eigenvalue weighted by atomic mass is 35.5. The average Bonchev–Trinajstić information content (AvgIpc) is 3.02. The third-order valence-corrected chi connectivity index (χ3v) is 8.40. The van der Waals surface area contributed by atoms with E-state index in [1.165, 1.54) is 0 Å². The van der Waals surface area contributed by atoms with Crippen molar-refractivity contribution in [1.82, 2.24) is 14.9 Å². The Kier molecular flexibility index (Phi) is 10.2. The van der Waals surface area contributed by atoms with Crippen molar-refractivity contribution in [2.75, 3.05) is 36.0 Å². The molecule has 5 rings (SSSR count). The summed E-state index contributed by atoms with van der Waals surface area (Å²) in [4.78, 5) is 30.0. The van der Waals surface area contributed by atoms with E-state index in [1.54, 1.807) is 24.5 Å². The minimum absolute atomic E-state index is 0.00762. The van der Waals surface area contributed by atoms with E-state index in [4.69, 9.17) is 28.9 Å². The van der Waals surface area contributed by atoms with E-state index in [9.17, 15) is 4.79 Å². The lowest BCUT2D eigenvalue weighted by Crippen LogP contribution is -2.55. The van der Waals surface area contributed by atoms with Crippen molar-refractivity contribution in [3.63, 3.8) is 0 Å².